The summed E-state index contributed by atoms with van der Waals surface area (Å²) in [6.45, 7) is 0.746. The first-order valence-corrected chi connectivity index (χ1v) is 10.4. The average molecular weight is 452 g/mol. The van der Waals surface area contributed by atoms with Crippen LogP contribution >= 0.6 is 15.9 Å². The number of hydrogen-bond donors (Lipinski definition) is 1. The molecule has 29 heavy (non-hydrogen) atoms. The lowest BCUT2D eigenvalue weighted by Gasteiger charge is -2.23. The summed E-state index contributed by atoms with van der Waals surface area (Å²) >= 11 is 3.51. The second kappa shape index (κ2) is 8.80. The molecule has 1 amide bonds. The molecule has 1 aliphatic rings. The highest BCUT2D eigenvalue weighted by molar-refractivity contribution is 9.10. The molecule has 0 radical (unpaired) electrons. The molecule has 0 aromatic heterocycles. The van der Waals surface area contributed by atoms with Crippen molar-refractivity contribution in [3.63, 3.8) is 0 Å². The summed E-state index contributed by atoms with van der Waals surface area (Å²) in [5.74, 6) is 0.0192. The van der Waals surface area contributed by atoms with Crippen LogP contribution in [0.3, 0.4) is 0 Å². The molecule has 1 N–H and O–H groups in total. The monoisotopic (exact) mass is 451 g/mol. The summed E-state index contributed by atoms with van der Waals surface area (Å²) in [6, 6.07) is 24.3. The third-order valence-corrected chi connectivity index (χ3v) is 6.06. The van der Waals surface area contributed by atoms with Crippen molar-refractivity contribution in [2.24, 2.45) is 0 Å². The van der Waals surface area contributed by atoms with Crippen LogP contribution in [-0.2, 0) is 11.3 Å². The van der Waals surface area contributed by atoms with Crippen LogP contribution in [0.5, 0.6) is 0 Å². The zero-order valence-electron chi connectivity index (χ0n) is 15.9. The molecule has 3 aromatic rings. The molecule has 0 aliphatic heterocycles. The van der Waals surface area contributed by atoms with Crippen LogP contribution < -0.4 is 0 Å². The number of aliphatic hydroxyl groups excluding tert-OH is 1. The highest BCUT2D eigenvalue weighted by Crippen LogP contribution is 2.44. The maximum absolute atomic E-state index is 12.8. The first-order valence-electron chi connectivity index (χ1n) is 9.63. The largest absolute Gasteiger partial charge is 0.448 e. The van der Waals surface area contributed by atoms with Gasteiger partial charge in [0.25, 0.3) is 0 Å². The van der Waals surface area contributed by atoms with E-state index in [1.807, 2.05) is 48.5 Å². The van der Waals surface area contributed by atoms with E-state index in [0.29, 0.717) is 6.54 Å². The topological polar surface area (TPSA) is 49.8 Å². The molecule has 0 atom stereocenters. The second-order valence-electron chi connectivity index (χ2n) is 7.04. The Morgan fingerprint density at radius 1 is 0.931 bits per heavy atom. The summed E-state index contributed by atoms with van der Waals surface area (Å²) in [4.78, 5) is 14.3. The predicted octanol–water partition coefficient (Wildman–Crippen LogP) is 5.19. The van der Waals surface area contributed by atoms with E-state index in [2.05, 4.69) is 40.2 Å². The zero-order valence-corrected chi connectivity index (χ0v) is 17.5. The number of aliphatic hydroxyl groups is 1. The molecule has 0 saturated heterocycles. The van der Waals surface area contributed by atoms with E-state index < -0.39 is 6.09 Å². The number of nitrogens with zero attached hydrogens (tertiary/aromatic N) is 1. The number of ether oxygens (including phenoxy) is 1. The minimum Gasteiger partial charge on any atom is -0.448 e. The van der Waals surface area contributed by atoms with Gasteiger partial charge < -0.3 is 14.7 Å². The summed E-state index contributed by atoms with van der Waals surface area (Å²) < 4.78 is 6.65. The summed E-state index contributed by atoms with van der Waals surface area (Å²) in [5.41, 5.74) is 5.73. The number of benzene rings is 3. The number of hydrogen-bond acceptors (Lipinski definition) is 3. The minimum atomic E-state index is -0.420. The highest BCUT2D eigenvalue weighted by Gasteiger charge is 2.29. The molecule has 1 aliphatic carbocycles. The van der Waals surface area contributed by atoms with Crippen molar-refractivity contribution >= 4 is 22.0 Å². The van der Waals surface area contributed by atoms with Gasteiger partial charge in [0.15, 0.2) is 0 Å². The highest BCUT2D eigenvalue weighted by atomic mass is 79.9. The predicted molar refractivity (Wildman–Crippen MR) is 117 cm³/mol. The van der Waals surface area contributed by atoms with Gasteiger partial charge in [-0.05, 0) is 33.9 Å². The molecule has 0 unspecified atom stereocenters. The lowest BCUT2D eigenvalue weighted by molar-refractivity contribution is 0.0891. The summed E-state index contributed by atoms with van der Waals surface area (Å²) in [6.07, 6.45) is -0.420. The van der Waals surface area contributed by atoms with Gasteiger partial charge in [-0.25, -0.2) is 4.79 Å². The Bertz CT molecular complexity index is 975. The number of halogens is 1. The van der Waals surface area contributed by atoms with Gasteiger partial charge >= 0.3 is 6.09 Å². The Kier molecular flexibility index (Phi) is 5.97. The van der Waals surface area contributed by atoms with Crippen LogP contribution in [0.25, 0.3) is 11.1 Å². The number of rotatable bonds is 6. The Balaban J connectivity index is 1.50. The fourth-order valence-corrected chi connectivity index (χ4v) is 4.28. The van der Waals surface area contributed by atoms with Crippen LogP contribution in [0.4, 0.5) is 4.79 Å². The molecule has 0 saturated carbocycles. The maximum Gasteiger partial charge on any atom is 0.410 e. The van der Waals surface area contributed by atoms with Gasteiger partial charge in [0.1, 0.15) is 6.61 Å². The van der Waals surface area contributed by atoms with Gasteiger partial charge in [-0.2, -0.15) is 0 Å². The summed E-state index contributed by atoms with van der Waals surface area (Å²) in [7, 11) is 0. The van der Waals surface area contributed by atoms with Gasteiger partial charge in [0, 0.05) is 16.9 Å². The Labute approximate surface area is 178 Å². The number of fused-ring (bicyclic) bond motifs is 3. The average Bonchev–Trinajstić information content (AvgIpc) is 3.07. The standard InChI is InChI=1S/C24H22BrNO3/c25-23-12-6-1-7-17(23)15-26(13-14-27)24(28)29-16-22-20-10-4-2-8-18(20)19-9-3-5-11-21(19)22/h1-12,22,27H,13-16H2. The SMILES string of the molecule is O=C(OCC1c2ccccc2-c2ccccc21)N(CCO)Cc1ccccc1Br. The van der Waals surface area contributed by atoms with E-state index >= 15 is 0 Å². The number of amides is 1. The lowest BCUT2D eigenvalue weighted by atomic mass is 9.98. The van der Waals surface area contributed by atoms with Gasteiger partial charge in [-0.1, -0.05) is 82.7 Å². The van der Waals surface area contributed by atoms with Crippen LogP contribution in [0, 0.1) is 0 Å². The van der Waals surface area contributed by atoms with Gasteiger partial charge in [-0.3, -0.25) is 0 Å². The molecule has 4 rings (SSSR count). The molecular weight excluding hydrogens is 430 g/mol. The van der Waals surface area contributed by atoms with E-state index in [1.54, 1.807) is 0 Å². The van der Waals surface area contributed by atoms with E-state index in [-0.39, 0.29) is 25.7 Å². The minimum absolute atomic E-state index is 0.0192. The fourth-order valence-electron chi connectivity index (χ4n) is 3.87. The van der Waals surface area contributed by atoms with E-state index in [1.165, 1.54) is 27.2 Å². The van der Waals surface area contributed by atoms with Crippen molar-refractivity contribution in [3.05, 3.63) is 94.0 Å². The van der Waals surface area contributed by atoms with Crippen LogP contribution in [0.15, 0.2) is 77.3 Å². The molecule has 5 heteroatoms. The van der Waals surface area contributed by atoms with Crippen molar-refractivity contribution in [1.29, 1.82) is 0 Å². The first-order chi connectivity index (χ1) is 14.2. The molecule has 0 fully saturated rings. The molecule has 0 bridgehead atoms. The van der Waals surface area contributed by atoms with Crippen LogP contribution in [0.1, 0.15) is 22.6 Å². The van der Waals surface area contributed by atoms with Gasteiger partial charge in [0.05, 0.1) is 13.2 Å². The molecule has 3 aromatic carbocycles. The smallest absolute Gasteiger partial charge is 0.410 e. The third kappa shape index (κ3) is 4.07. The number of carbonyl (C=O) groups is 1. The van der Waals surface area contributed by atoms with E-state index in [4.69, 9.17) is 4.74 Å². The fraction of sp³-hybridized carbons (Fsp3) is 0.208. The van der Waals surface area contributed by atoms with Crippen molar-refractivity contribution in [2.45, 2.75) is 12.5 Å². The maximum atomic E-state index is 12.8. The molecule has 0 spiro atoms. The number of carbonyl (C=O) groups excluding carboxylic acids is 1. The van der Waals surface area contributed by atoms with Crippen molar-refractivity contribution in [2.75, 3.05) is 19.8 Å². The summed E-state index contributed by atoms with van der Waals surface area (Å²) in [5, 5.41) is 9.41. The van der Waals surface area contributed by atoms with Crippen LogP contribution in [0.2, 0.25) is 0 Å². The van der Waals surface area contributed by atoms with E-state index in [9.17, 15) is 9.90 Å². The van der Waals surface area contributed by atoms with Crippen molar-refractivity contribution in [1.82, 2.24) is 4.90 Å². The first kappa shape index (κ1) is 19.7. The molecule has 0 heterocycles. The molecule has 4 nitrogen and oxygen atoms in total. The molecule has 148 valence electrons. The zero-order chi connectivity index (χ0) is 20.2. The quantitative estimate of drug-likeness (QED) is 0.560. The van der Waals surface area contributed by atoms with Crippen molar-refractivity contribution < 1.29 is 14.6 Å². The Hall–Kier alpha value is -2.63. The van der Waals surface area contributed by atoms with Gasteiger partial charge in [-0.15, -0.1) is 0 Å². The van der Waals surface area contributed by atoms with E-state index in [0.717, 1.165) is 10.0 Å². The van der Waals surface area contributed by atoms with Crippen molar-refractivity contribution in [3.8, 4) is 11.1 Å². The Morgan fingerprint density at radius 2 is 1.52 bits per heavy atom. The second-order valence-corrected chi connectivity index (χ2v) is 7.89. The van der Waals surface area contributed by atoms with Crippen LogP contribution in [-0.4, -0.2) is 35.9 Å². The Morgan fingerprint density at radius 3 is 2.14 bits per heavy atom. The third-order valence-electron chi connectivity index (χ3n) is 5.28. The molecular formula is C24H22BrNO3. The normalized spacial score (nSPS) is 12.3. The van der Waals surface area contributed by atoms with Gasteiger partial charge in [0.2, 0.25) is 0 Å². The lowest BCUT2D eigenvalue weighted by Crippen LogP contribution is -2.34.